The maximum atomic E-state index is 12.1. The minimum atomic E-state index is -1.06. The Morgan fingerprint density at radius 1 is 1.06 bits per heavy atom. The van der Waals surface area contributed by atoms with E-state index in [-0.39, 0.29) is 17.7 Å². The number of benzene rings is 3. The first kappa shape index (κ1) is 21.1. The normalized spacial score (nSPS) is 10.9. The molecule has 0 atom stereocenters. The number of aromatic carboxylic acids is 1. The minimum Gasteiger partial charge on any atom is -0.488 e. The SMILES string of the molecule is N#C/C(=C/c1c(OCc2ccc(C(=O)O)cc2)ccc2ccccc12)C(=O)NC(N)=O. The molecule has 0 bridgehead atoms. The second-order valence-corrected chi connectivity index (χ2v) is 6.48. The van der Waals surface area contributed by atoms with E-state index in [1.165, 1.54) is 18.2 Å². The van der Waals surface area contributed by atoms with Gasteiger partial charge in [-0.15, -0.1) is 0 Å². The van der Waals surface area contributed by atoms with Gasteiger partial charge in [0.15, 0.2) is 0 Å². The van der Waals surface area contributed by atoms with Crippen molar-refractivity contribution < 1.29 is 24.2 Å². The predicted octanol–water partition coefficient (Wildman–Crippen LogP) is 3.22. The van der Waals surface area contributed by atoms with Crippen molar-refractivity contribution in [2.45, 2.75) is 6.61 Å². The van der Waals surface area contributed by atoms with Crippen LogP contribution in [0, 0.1) is 11.3 Å². The Morgan fingerprint density at radius 3 is 2.42 bits per heavy atom. The third-order valence-electron chi connectivity index (χ3n) is 4.42. The number of carboxylic acids is 1. The Kier molecular flexibility index (Phi) is 6.28. The standard InChI is InChI=1S/C23H17N3O5/c24-12-17(21(27)26-23(25)30)11-19-18-4-2-1-3-15(18)9-10-20(19)31-13-14-5-7-16(8-6-14)22(28)29/h1-11H,13H2,(H,28,29)(H3,25,26,27,30)/b17-11-. The fourth-order valence-corrected chi connectivity index (χ4v) is 2.93. The molecule has 31 heavy (non-hydrogen) atoms. The first-order valence-corrected chi connectivity index (χ1v) is 9.08. The van der Waals surface area contributed by atoms with Crippen molar-refractivity contribution in [1.29, 1.82) is 5.26 Å². The molecule has 0 saturated heterocycles. The van der Waals surface area contributed by atoms with E-state index in [0.717, 1.165) is 16.3 Å². The molecule has 0 aliphatic carbocycles. The van der Waals surface area contributed by atoms with Crippen LogP contribution in [0.1, 0.15) is 21.5 Å². The largest absolute Gasteiger partial charge is 0.488 e. The lowest BCUT2D eigenvalue weighted by molar-refractivity contribution is -0.115. The highest BCUT2D eigenvalue weighted by Gasteiger charge is 2.15. The van der Waals surface area contributed by atoms with Gasteiger partial charge in [0.1, 0.15) is 24.0 Å². The number of primary amides is 1. The number of hydrogen-bond acceptors (Lipinski definition) is 5. The van der Waals surface area contributed by atoms with E-state index in [1.807, 2.05) is 35.6 Å². The number of urea groups is 1. The van der Waals surface area contributed by atoms with E-state index in [9.17, 15) is 19.6 Å². The topological polar surface area (TPSA) is 143 Å². The number of fused-ring (bicyclic) bond motifs is 1. The molecule has 8 nitrogen and oxygen atoms in total. The third kappa shape index (κ3) is 5.05. The van der Waals surface area contributed by atoms with E-state index < -0.39 is 17.9 Å². The van der Waals surface area contributed by atoms with Crippen LogP contribution in [0.25, 0.3) is 16.8 Å². The van der Waals surface area contributed by atoms with Crippen LogP contribution in [0.3, 0.4) is 0 Å². The highest BCUT2D eigenvalue weighted by molar-refractivity contribution is 6.10. The van der Waals surface area contributed by atoms with Crippen molar-refractivity contribution in [3.8, 4) is 11.8 Å². The zero-order chi connectivity index (χ0) is 22.4. The number of ether oxygens (including phenoxy) is 1. The molecule has 3 amide bonds. The van der Waals surface area contributed by atoms with Gasteiger partial charge in [-0.25, -0.2) is 9.59 Å². The number of carbonyl (C=O) groups excluding carboxylic acids is 2. The summed E-state index contributed by atoms with van der Waals surface area (Å²) in [5.41, 5.74) is 6.04. The monoisotopic (exact) mass is 415 g/mol. The lowest BCUT2D eigenvalue weighted by atomic mass is 10.0. The van der Waals surface area contributed by atoms with Crippen molar-refractivity contribution in [3.05, 3.63) is 82.9 Å². The van der Waals surface area contributed by atoms with E-state index >= 15 is 0 Å². The summed E-state index contributed by atoms with van der Waals surface area (Å²) in [5.74, 6) is -1.54. The smallest absolute Gasteiger partial charge is 0.335 e. The molecule has 8 heteroatoms. The number of carbonyl (C=O) groups is 3. The van der Waals surface area contributed by atoms with E-state index in [4.69, 9.17) is 15.6 Å². The van der Waals surface area contributed by atoms with E-state index in [0.29, 0.717) is 11.3 Å². The molecule has 3 rings (SSSR count). The maximum absolute atomic E-state index is 12.1. The van der Waals surface area contributed by atoms with Gasteiger partial charge in [-0.2, -0.15) is 5.26 Å². The number of hydrogen-bond donors (Lipinski definition) is 3. The van der Waals surface area contributed by atoms with Gasteiger partial charge < -0.3 is 15.6 Å². The Balaban J connectivity index is 1.98. The van der Waals surface area contributed by atoms with Crippen LogP contribution in [0.15, 0.2) is 66.2 Å². The molecule has 3 aromatic carbocycles. The average molecular weight is 415 g/mol. The Hall–Kier alpha value is -4.64. The molecular formula is C23H17N3O5. The van der Waals surface area contributed by atoms with Gasteiger partial charge in [-0.05, 0) is 40.6 Å². The number of imide groups is 1. The summed E-state index contributed by atoms with van der Waals surface area (Å²) in [6, 6.07) is 17.8. The second kappa shape index (κ2) is 9.24. The van der Waals surface area contributed by atoms with Crippen LogP contribution in [0.4, 0.5) is 4.79 Å². The summed E-state index contributed by atoms with van der Waals surface area (Å²) in [6.45, 7) is 0.133. The van der Waals surface area contributed by atoms with Crippen LogP contribution in [-0.2, 0) is 11.4 Å². The first-order chi connectivity index (χ1) is 14.9. The number of nitrogens with two attached hydrogens (primary N) is 1. The summed E-state index contributed by atoms with van der Waals surface area (Å²) in [5, 5.41) is 21.9. The van der Waals surface area contributed by atoms with Gasteiger partial charge in [0.25, 0.3) is 5.91 Å². The molecule has 0 spiro atoms. The molecule has 0 saturated carbocycles. The van der Waals surface area contributed by atoms with Gasteiger partial charge in [0.2, 0.25) is 0 Å². The fourth-order valence-electron chi connectivity index (χ4n) is 2.93. The van der Waals surface area contributed by atoms with Gasteiger partial charge >= 0.3 is 12.0 Å². The number of nitriles is 1. The minimum absolute atomic E-state index is 0.133. The molecule has 0 fully saturated rings. The van der Waals surface area contributed by atoms with Crippen molar-refractivity contribution in [3.63, 3.8) is 0 Å². The molecule has 0 aliphatic heterocycles. The van der Waals surface area contributed by atoms with Crippen molar-refractivity contribution in [2.24, 2.45) is 5.73 Å². The van der Waals surface area contributed by atoms with Crippen LogP contribution in [0.2, 0.25) is 0 Å². The predicted molar refractivity (Wildman–Crippen MR) is 113 cm³/mol. The lowest BCUT2D eigenvalue weighted by Crippen LogP contribution is -2.35. The number of amides is 3. The molecular weight excluding hydrogens is 398 g/mol. The summed E-state index contributed by atoms with van der Waals surface area (Å²) < 4.78 is 5.91. The molecule has 0 heterocycles. The van der Waals surface area contributed by atoms with E-state index in [2.05, 4.69) is 0 Å². The zero-order valence-corrected chi connectivity index (χ0v) is 16.2. The van der Waals surface area contributed by atoms with Gasteiger partial charge in [-0.3, -0.25) is 10.1 Å². The molecule has 0 radical (unpaired) electrons. The fraction of sp³-hybridized carbons (Fsp3) is 0.0435. The Bertz CT molecular complexity index is 1240. The molecule has 4 N–H and O–H groups in total. The molecule has 0 unspecified atom stereocenters. The zero-order valence-electron chi connectivity index (χ0n) is 16.2. The molecule has 154 valence electrons. The number of carboxylic acid groups (broad SMARTS) is 1. The van der Waals surface area contributed by atoms with Gasteiger partial charge in [-0.1, -0.05) is 42.5 Å². The van der Waals surface area contributed by atoms with E-state index in [1.54, 1.807) is 24.3 Å². The van der Waals surface area contributed by atoms with Crippen LogP contribution < -0.4 is 15.8 Å². The highest BCUT2D eigenvalue weighted by Crippen LogP contribution is 2.31. The molecule has 0 aliphatic rings. The summed E-state index contributed by atoms with van der Waals surface area (Å²) >= 11 is 0. The third-order valence-corrected chi connectivity index (χ3v) is 4.42. The molecule has 3 aromatic rings. The van der Waals surface area contributed by atoms with Crippen LogP contribution >= 0.6 is 0 Å². The summed E-state index contributed by atoms with van der Waals surface area (Å²) in [4.78, 5) is 34.1. The van der Waals surface area contributed by atoms with Gasteiger partial charge in [0, 0.05) is 5.56 Å². The number of rotatable bonds is 6. The second-order valence-electron chi connectivity index (χ2n) is 6.48. The number of nitrogens with one attached hydrogen (secondary N) is 1. The highest BCUT2D eigenvalue weighted by atomic mass is 16.5. The van der Waals surface area contributed by atoms with Gasteiger partial charge in [0.05, 0.1) is 5.56 Å². The first-order valence-electron chi connectivity index (χ1n) is 9.08. The van der Waals surface area contributed by atoms with Crippen LogP contribution in [0.5, 0.6) is 5.75 Å². The van der Waals surface area contributed by atoms with Crippen molar-refractivity contribution in [1.82, 2.24) is 5.32 Å². The number of nitrogens with zero attached hydrogens (tertiary/aromatic N) is 1. The maximum Gasteiger partial charge on any atom is 0.335 e. The quantitative estimate of drug-likeness (QED) is 0.417. The Morgan fingerprint density at radius 2 is 1.77 bits per heavy atom. The van der Waals surface area contributed by atoms with Crippen molar-refractivity contribution >= 4 is 34.8 Å². The lowest BCUT2D eigenvalue weighted by Gasteiger charge is -2.13. The van der Waals surface area contributed by atoms with Crippen LogP contribution in [-0.4, -0.2) is 23.0 Å². The Labute approximate surface area is 177 Å². The summed E-state index contributed by atoms with van der Waals surface area (Å²) in [7, 11) is 0. The van der Waals surface area contributed by atoms with Crippen molar-refractivity contribution in [2.75, 3.05) is 0 Å². The molecule has 0 aromatic heterocycles. The summed E-state index contributed by atoms with van der Waals surface area (Å²) in [6.07, 6.45) is 1.34. The average Bonchev–Trinajstić information content (AvgIpc) is 2.76.